The lowest BCUT2D eigenvalue weighted by Gasteiger charge is -2.29. The molecule has 41 heavy (non-hydrogen) atoms. The van der Waals surface area contributed by atoms with E-state index in [0.29, 0.717) is 38.2 Å². The fourth-order valence-electron chi connectivity index (χ4n) is 3.97. The summed E-state index contributed by atoms with van der Waals surface area (Å²) in [5.74, 6) is -0.236. The topological polar surface area (TPSA) is 120 Å². The van der Waals surface area contributed by atoms with Crippen molar-refractivity contribution in [2.24, 2.45) is 0 Å². The quantitative estimate of drug-likeness (QED) is 0.186. The van der Waals surface area contributed by atoms with Gasteiger partial charge in [0.2, 0.25) is 5.91 Å². The third kappa shape index (κ3) is 7.69. The van der Waals surface area contributed by atoms with Crippen LogP contribution in [0.25, 0.3) is 22.0 Å². The molecular weight excluding hydrogens is 569 g/mol. The van der Waals surface area contributed by atoms with E-state index in [9.17, 15) is 19.1 Å². The van der Waals surface area contributed by atoms with Gasteiger partial charge in [0.25, 0.3) is 5.91 Å². The fourth-order valence-corrected chi connectivity index (χ4v) is 4.76. The number of aromatic amines is 1. The second-order valence-electron chi connectivity index (χ2n) is 9.05. The van der Waals surface area contributed by atoms with Gasteiger partial charge in [0, 0.05) is 24.9 Å². The van der Waals surface area contributed by atoms with Gasteiger partial charge in [-0.25, -0.2) is 9.97 Å². The number of rotatable bonds is 9. The van der Waals surface area contributed by atoms with Crippen molar-refractivity contribution in [1.82, 2.24) is 19.9 Å². The van der Waals surface area contributed by atoms with E-state index in [2.05, 4.69) is 20.3 Å². The summed E-state index contributed by atoms with van der Waals surface area (Å²) in [5, 5.41) is 12.6. The second kappa shape index (κ2) is 14.2. The number of anilines is 1. The highest BCUT2D eigenvalue weighted by molar-refractivity contribution is 7.13. The van der Waals surface area contributed by atoms with Crippen molar-refractivity contribution in [3.63, 3.8) is 0 Å². The molecule has 1 aromatic carbocycles. The van der Waals surface area contributed by atoms with Gasteiger partial charge >= 0.3 is 0 Å². The molecule has 0 saturated carbocycles. The number of imidazole rings is 1. The monoisotopic (exact) mass is 601 g/mol. The molecule has 4 rings (SSSR count). The Labute approximate surface area is 247 Å². The minimum atomic E-state index is -0.971. The maximum Gasteiger partial charge on any atom is 0.257 e. The van der Waals surface area contributed by atoms with Gasteiger partial charge in [-0.15, -0.1) is 11.3 Å². The average molecular weight is 602 g/mol. The Hall–Kier alpha value is -3.80. The third-order valence-electron chi connectivity index (χ3n) is 5.99. The van der Waals surface area contributed by atoms with Gasteiger partial charge in [0.15, 0.2) is 22.9 Å². The lowest BCUT2D eigenvalue weighted by Crippen LogP contribution is -2.45. The number of methoxy groups -OCH3 is 1. The Morgan fingerprint density at radius 2 is 1.93 bits per heavy atom. The predicted octanol–water partition coefficient (Wildman–Crippen LogP) is 6.60. The van der Waals surface area contributed by atoms with E-state index in [-0.39, 0.29) is 29.3 Å². The summed E-state index contributed by atoms with van der Waals surface area (Å²) < 4.78 is 19.2. The molecule has 0 aliphatic carbocycles. The van der Waals surface area contributed by atoms with E-state index in [1.807, 2.05) is 13.8 Å². The number of aromatic nitrogens is 3. The number of aromatic hydroxyl groups is 1. The van der Waals surface area contributed by atoms with E-state index < -0.39 is 17.9 Å². The number of halogens is 2. The number of ether oxygens (including phenoxy) is 1. The van der Waals surface area contributed by atoms with Crippen LogP contribution in [-0.4, -0.2) is 56.5 Å². The van der Waals surface area contributed by atoms with Crippen molar-refractivity contribution in [2.75, 3.05) is 19.0 Å². The summed E-state index contributed by atoms with van der Waals surface area (Å²) in [7, 11) is 1.41. The molecule has 0 aliphatic heterocycles. The van der Waals surface area contributed by atoms with Gasteiger partial charge in [0.1, 0.15) is 17.4 Å². The van der Waals surface area contributed by atoms with Crippen molar-refractivity contribution in [3.8, 4) is 27.7 Å². The number of H-pyrrole nitrogens is 1. The van der Waals surface area contributed by atoms with E-state index in [4.69, 9.17) is 16.3 Å². The van der Waals surface area contributed by atoms with Crippen LogP contribution < -0.4 is 5.32 Å². The maximum atomic E-state index is 13.7. The molecule has 0 fully saturated rings. The first kappa shape index (κ1) is 31.7. The second-order valence-corrected chi connectivity index (χ2v) is 10.5. The first-order chi connectivity index (χ1) is 19.6. The Balaban J connectivity index is 0.00000226. The van der Waals surface area contributed by atoms with Crippen LogP contribution in [0.1, 0.15) is 44.9 Å². The Morgan fingerprint density at radius 3 is 2.49 bits per heavy atom. The minimum absolute atomic E-state index is 0.108. The standard InChI is InChI=1S/C27H27ClFN5O4S.C2H6/c1-14(2)34(27(37)24(38-4)16-5-7-18(35)15(3)11-16)13-22(36)31-26-23(17-6-9-20(28)30-12-17)32-25(33-26)19-8-10-21(29)39-19;1-2/h5-12,14,24,35H,13H2,1-4H3,(H,31,36)(H,32,33);1-2H3. The number of aryl methyl sites for hydroxylation is 1. The van der Waals surface area contributed by atoms with Gasteiger partial charge in [-0.1, -0.05) is 31.5 Å². The molecule has 0 bridgehead atoms. The van der Waals surface area contributed by atoms with Gasteiger partial charge in [-0.2, -0.15) is 4.39 Å². The molecule has 3 aromatic heterocycles. The third-order valence-corrected chi connectivity index (χ3v) is 7.09. The summed E-state index contributed by atoms with van der Waals surface area (Å²) >= 11 is 6.85. The van der Waals surface area contributed by atoms with E-state index in [1.165, 1.54) is 30.3 Å². The van der Waals surface area contributed by atoms with E-state index >= 15 is 0 Å². The first-order valence-electron chi connectivity index (χ1n) is 13.0. The summed E-state index contributed by atoms with van der Waals surface area (Å²) in [5.41, 5.74) is 2.21. The number of amides is 2. The number of pyridine rings is 1. The molecular formula is C29H33ClFN5O4S. The highest BCUT2D eigenvalue weighted by Crippen LogP contribution is 2.33. The average Bonchev–Trinajstić information content (AvgIpc) is 3.57. The molecule has 12 heteroatoms. The highest BCUT2D eigenvalue weighted by Gasteiger charge is 2.30. The molecule has 218 valence electrons. The van der Waals surface area contributed by atoms with Crippen LogP contribution in [0.3, 0.4) is 0 Å². The molecule has 0 aliphatic rings. The van der Waals surface area contributed by atoms with Gasteiger partial charge in [-0.3, -0.25) is 9.59 Å². The molecule has 9 nitrogen and oxygen atoms in total. The summed E-state index contributed by atoms with van der Waals surface area (Å²) in [6.07, 6.45) is 0.553. The van der Waals surface area contributed by atoms with Crippen molar-refractivity contribution in [3.05, 3.63) is 70.1 Å². The molecule has 1 unspecified atom stereocenters. The van der Waals surface area contributed by atoms with Crippen LogP contribution in [0.15, 0.2) is 48.7 Å². The smallest absolute Gasteiger partial charge is 0.257 e. The number of hydrogen-bond donors (Lipinski definition) is 3. The summed E-state index contributed by atoms with van der Waals surface area (Å²) in [6.45, 7) is 9.04. The molecule has 0 radical (unpaired) electrons. The molecule has 0 spiro atoms. The molecule has 1 atom stereocenters. The lowest BCUT2D eigenvalue weighted by molar-refractivity contribution is -0.146. The van der Waals surface area contributed by atoms with Crippen LogP contribution >= 0.6 is 22.9 Å². The summed E-state index contributed by atoms with van der Waals surface area (Å²) in [6, 6.07) is 10.7. The molecule has 3 N–H and O–H groups in total. The SMILES string of the molecule is CC.COC(C(=O)N(CC(=O)Nc1nc(-c2ccc(F)s2)[nH]c1-c1ccc(Cl)nc1)C(C)C)c1ccc(O)c(C)c1. The molecule has 4 aromatic rings. The Morgan fingerprint density at radius 1 is 1.20 bits per heavy atom. The van der Waals surface area contributed by atoms with Crippen molar-refractivity contribution in [1.29, 1.82) is 0 Å². The lowest BCUT2D eigenvalue weighted by atomic mass is 10.0. The van der Waals surface area contributed by atoms with E-state index in [0.717, 1.165) is 11.3 Å². The number of carbonyl (C=O) groups is 2. The number of nitrogens with zero attached hydrogens (tertiary/aromatic N) is 3. The van der Waals surface area contributed by atoms with E-state index in [1.54, 1.807) is 51.1 Å². The maximum absolute atomic E-state index is 13.7. The van der Waals surface area contributed by atoms with Crippen molar-refractivity contribution in [2.45, 2.75) is 46.8 Å². The fraction of sp³-hybridized carbons (Fsp3) is 0.310. The zero-order chi connectivity index (χ0) is 30.3. The number of phenols is 1. The van der Waals surface area contributed by atoms with Crippen molar-refractivity contribution >= 4 is 40.6 Å². The van der Waals surface area contributed by atoms with Crippen molar-refractivity contribution < 1.29 is 23.8 Å². The minimum Gasteiger partial charge on any atom is -0.508 e. The number of carbonyl (C=O) groups excluding carboxylic acids is 2. The highest BCUT2D eigenvalue weighted by atomic mass is 35.5. The van der Waals surface area contributed by atoms with Crippen LogP contribution in [0.2, 0.25) is 5.15 Å². The molecule has 3 heterocycles. The Bertz CT molecular complexity index is 1490. The van der Waals surface area contributed by atoms with Crippen LogP contribution in [0.4, 0.5) is 10.2 Å². The zero-order valence-corrected chi connectivity index (χ0v) is 25.2. The normalized spacial score (nSPS) is 11.5. The predicted molar refractivity (Wildman–Crippen MR) is 160 cm³/mol. The summed E-state index contributed by atoms with van der Waals surface area (Å²) in [4.78, 5) is 40.4. The number of phenolic OH excluding ortho intramolecular Hbond substituents is 1. The van der Waals surface area contributed by atoms with Crippen LogP contribution in [0, 0.1) is 12.1 Å². The van der Waals surface area contributed by atoms with Gasteiger partial charge < -0.3 is 25.0 Å². The van der Waals surface area contributed by atoms with Crippen LogP contribution in [-0.2, 0) is 14.3 Å². The molecule has 0 saturated heterocycles. The first-order valence-corrected chi connectivity index (χ1v) is 14.2. The Kier molecular flexibility index (Phi) is 11.0. The zero-order valence-electron chi connectivity index (χ0n) is 23.7. The number of thiophene rings is 1. The van der Waals surface area contributed by atoms with Gasteiger partial charge in [-0.05, 0) is 68.3 Å². The number of hydrogen-bond acceptors (Lipinski definition) is 7. The molecule has 2 amide bonds. The van der Waals surface area contributed by atoms with Gasteiger partial charge in [0.05, 0.1) is 10.6 Å². The number of benzene rings is 1. The van der Waals surface area contributed by atoms with Crippen LogP contribution in [0.5, 0.6) is 5.75 Å². The number of nitrogens with one attached hydrogen (secondary N) is 2. The largest absolute Gasteiger partial charge is 0.508 e.